The highest BCUT2D eigenvalue weighted by molar-refractivity contribution is 5.99. The molecule has 8 nitrogen and oxygen atoms in total. The van der Waals surface area contributed by atoms with Crippen LogP contribution in [0.4, 0.5) is 10.5 Å². The number of hydrogen-bond donors (Lipinski definition) is 5. The molecular weight excluding hydrogens is 336 g/mol. The van der Waals surface area contributed by atoms with Gasteiger partial charge in [-0.25, -0.2) is 4.79 Å². The molecule has 3 rings (SSSR count). The average molecular weight is 358 g/mol. The molecule has 26 heavy (non-hydrogen) atoms. The number of benzene rings is 1. The van der Waals surface area contributed by atoms with Crippen LogP contribution in [-0.2, 0) is 4.79 Å². The first kappa shape index (κ1) is 17.8. The Bertz CT molecular complexity index is 837. The molecule has 0 aliphatic heterocycles. The lowest BCUT2D eigenvalue weighted by atomic mass is 9.86. The van der Waals surface area contributed by atoms with Crippen molar-refractivity contribution in [3.63, 3.8) is 0 Å². The van der Waals surface area contributed by atoms with Crippen molar-refractivity contribution in [2.24, 2.45) is 5.92 Å². The molecule has 2 aromatic rings. The first-order valence-corrected chi connectivity index (χ1v) is 8.61. The molecule has 0 spiro atoms. The molecule has 1 aliphatic carbocycles. The van der Waals surface area contributed by atoms with Gasteiger partial charge in [0.25, 0.3) is 5.91 Å². The Morgan fingerprint density at radius 3 is 2.50 bits per heavy atom. The highest BCUT2D eigenvalue weighted by Crippen LogP contribution is 2.25. The van der Waals surface area contributed by atoms with Gasteiger partial charge in [0, 0.05) is 29.7 Å². The van der Waals surface area contributed by atoms with Crippen LogP contribution in [0.3, 0.4) is 0 Å². The Hall–Kier alpha value is -3.03. The molecule has 0 radical (unpaired) electrons. The van der Waals surface area contributed by atoms with E-state index in [-0.39, 0.29) is 23.9 Å². The number of carbonyl (C=O) groups is 3. The summed E-state index contributed by atoms with van der Waals surface area (Å²) < 4.78 is 0. The minimum absolute atomic E-state index is 0.0126. The topological polar surface area (TPSA) is 123 Å². The van der Waals surface area contributed by atoms with Crippen LogP contribution in [0.1, 0.15) is 36.2 Å². The van der Waals surface area contributed by atoms with Gasteiger partial charge in [-0.3, -0.25) is 9.59 Å². The van der Waals surface area contributed by atoms with Crippen LogP contribution in [0.15, 0.2) is 24.3 Å². The summed E-state index contributed by atoms with van der Waals surface area (Å²) in [4.78, 5) is 37.8. The van der Waals surface area contributed by atoms with E-state index in [1.165, 1.54) is 0 Å². The summed E-state index contributed by atoms with van der Waals surface area (Å²) >= 11 is 0. The fourth-order valence-corrected chi connectivity index (χ4v) is 3.30. The summed E-state index contributed by atoms with van der Waals surface area (Å²) in [6.45, 7) is 0. The number of aromatic amines is 1. The van der Waals surface area contributed by atoms with Crippen molar-refractivity contribution >= 4 is 34.5 Å². The number of hydrogen-bond acceptors (Lipinski definition) is 3. The normalized spacial score (nSPS) is 19.7. The smallest absolute Gasteiger partial charge is 0.319 e. The molecule has 0 unspecified atom stereocenters. The van der Waals surface area contributed by atoms with Crippen molar-refractivity contribution in [2.75, 3.05) is 12.4 Å². The van der Waals surface area contributed by atoms with Crippen LogP contribution in [0.25, 0.3) is 10.9 Å². The van der Waals surface area contributed by atoms with Crippen molar-refractivity contribution in [3.05, 3.63) is 30.0 Å². The highest BCUT2D eigenvalue weighted by Gasteiger charge is 2.26. The fraction of sp³-hybridized carbons (Fsp3) is 0.389. The molecule has 0 atom stereocenters. The van der Waals surface area contributed by atoms with Crippen molar-refractivity contribution in [3.8, 4) is 0 Å². The first-order chi connectivity index (χ1) is 12.5. The number of aliphatic carboxylic acids is 1. The SMILES string of the molecule is CNC(=O)c1cc2cc(NC(=O)NC3CCC(C(=O)O)CC3)ccc2[nH]1. The first-order valence-electron chi connectivity index (χ1n) is 8.61. The third-order valence-electron chi connectivity index (χ3n) is 4.76. The lowest BCUT2D eigenvalue weighted by Crippen LogP contribution is -2.40. The molecule has 1 fully saturated rings. The monoisotopic (exact) mass is 358 g/mol. The molecule has 138 valence electrons. The maximum absolute atomic E-state index is 12.2. The molecule has 8 heteroatoms. The van der Waals surface area contributed by atoms with Crippen molar-refractivity contribution in [1.82, 2.24) is 15.6 Å². The molecular formula is C18H22N4O4. The third-order valence-corrected chi connectivity index (χ3v) is 4.76. The van der Waals surface area contributed by atoms with E-state index in [4.69, 9.17) is 5.11 Å². The van der Waals surface area contributed by atoms with Crippen molar-refractivity contribution in [2.45, 2.75) is 31.7 Å². The number of anilines is 1. The number of rotatable bonds is 4. The summed E-state index contributed by atoms with van der Waals surface area (Å²) in [5.74, 6) is -1.27. The van der Waals surface area contributed by atoms with Gasteiger partial charge in [-0.2, -0.15) is 0 Å². The Morgan fingerprint density at radius 2 is 1.85 bits per heavy atom. The van der Waals surface area contributed by atoms with Crippen molar-refractivity contribution < 1.29 is 19.5 Å². The van der Waals surface area contributed by atoms with Crippen LogP contribution in [0.2, 0.25) is 0 Å². The molecule has 0 bridgehead atoms. The zero-order valence-corrected chi connectivity index (χ0v) is 14.5. The Labute approximate surface area is 150 Å². The highest BCUT2D eigenvalue weighted by atomic mass is 16.4. The molecule has 5 N–H and O–H groups in total. The minimum atomic E-state index is -0.760. The lowest BCUT2D eigenvalue weighted by molar-refractivity contribution is -0.142. The molecule has 1 aromatic heterocycles. The number of carboxylic acids is 1. The van der Waals surface area contributed by atoms with Gasteiger partial charge in [0.2, 0.25) is 0 Å². The third kappa shape index (κ3) is 3.96. The van der Waals surface area contributed by atoms with Gasteiger partial charge < -0.3 is 26.0 Å². The van der Waals surface area contributed by atoms with E-state index in [1.807, 2.05) is 0 Å². The standard InChI is InChI=1S/C18H22N4O4/c1-19-16(23)15-9-11-8-13(6-7-14(11)22-15)21-18(26)20-12-4-2-10(3-5-12)17(24)25/h6-10,12,22H,2-5H2,1H3,(H,19,23)(H,24,25)(H2,20,21,26). The van der Waals surface area contributed by atoms with Gasteiger partial charge in [-0.05, 0) is 49.9 Å². The van der Waals surface area contributed by atoms with Crippen LogP contribution in [-0.4, -0.2) is 41.1 Å². The van der Waals surface area contributed by atoms with E-state index in [0.29, 0.717) is 37.1 Å². The van der Waals surface area contributed by atoms with Crippen molar-refractivity contribution in [1.29, 1.82) is 0 Å². The zero-order chi connectivity index (χ0) is 18.7. The summed E-state index contributed by atoms with van der Waals surface area (Å²) in [5, 5.41) is 18.1. The second-order valence-electron chi connectivity index (χ2n) is 6.55. The summed E-state index contributed by atoms with van der Waals surface area (Å²) in [6, 6.07) is 6.75. The van der Waals surface area contributed by atoms with Gasteiger partial charge in [0.15, 0.2) is 0 Å². The number of aromatic nitrogens is 1. The number of fused-ring (bicyclic) bond motifs is 1. The molecule has 1 aliphatic rings. The summed E-state index contributed by atoms with van der Waals surface area (Å²) in [5.41, 5.74) is 1.89. The maximum Gasteiger partial charge on any atom is 0.319 e. The van der Waals surface area contributed by atoms with E-state index >= 15 is 0 Å². The number of carboxylic acid groups (broad SMARTS) is 1. The van der Waals surface area contributed by atoms with E-state index in [2.05, 4.69) is 20.9 Å². The van der Waals surface area contributed by atoms with Gasteiger partial charge in [0.05, 0.1) is 5.92 Å². The number of carbonyl (C=O) groups excluding carboxylic acids is 2. The lowest BCUT2D eigenvalue weighted by Gasteiger charge is -2.26. The van der Waals surface area contributed by atoms with Gasteiger partial charge in [-0.1, -0.05) is 0 Å². The Kier molecular flexibility index (Phi) is 5.11. The maximum atomic E-state index is 12.2. The number of urea groups is 1. The Balaban J connectivity index is 1.59. The number of H-pyrrole nitrogens is 1. The fourth-order valence-electron chi connectivity index (χ4n) is 3.30. The predicted molar refractivity (Wildman–Crippen MR) is 97.2 cm³/mol. The second kappa shape index (κ2) is 7.47. The Morgan fingerprint density at radius 1 is 1.12 bits per heavy atom. The van der Waals surface area contributed by atoms with Gasteiger partial charge in [0.1, 0.15) is 5.69 Å². The van der Waals surface area contributed by atoms with Crippen LogP contribution < -0.4 is 16.0 Å². The predicted octanol–water partition coefficient (Wildman–Crippen LogP) is 2.29. The molecule has 0 saturated heterocycles. The van der Waals surface area contributed by atoms with Gasteiger partial charge in [-0.15, -0.1) is 0 Å². The van der Waals surface area contributed by atoms with E-state index in [9.17, 15) is 14.4 Å². The molecule has 1 aromatic carbocycles. The summed E-state index contributed by atoms with van der Waals surface area (Å²) in [7, 11) is 1.56. The largest absolute Gasteiger partial charge is 0.481 e. The quantitative estimate of drug-likeness (QED) is 0.575. The molecule has 1 heterocycles. The van der Waals surface area contributed by atoms with Crippen LogP contribution in [0.5, 0.6) is 0 Å². The minimum Gasteiger partial charge on any atom is -0.481 e. The van der Waals surface area contributed by atoms with Crippen LogP contribution in [0, 0.1) is 5.92 Å². The van der Waals surface area contributed by atoms with Gasteiger partial charge >= 0.3 is 12.0 Å². The average Bonchev–Trinajstić information content (AvgIpc) is 3.04. The number of nitrogens with one attached hydrogen (secondary N) is 4. The van der Waals surface area contributed by atoms with E-state index in [1.54, 1.807) is 31.3 Å². The van der Waals surface area contributed by atoms with Crippen LogP contribution >= 0.6 is 0 Å². The zero-order valence-electron chi connectivity index (χ0n) is 14.5. The number of amides is 3. The van der Waals surface area contributed by atoms with E-state index in [0.717, 1.165) is 10.9 Å². The second-order valence-corrected chi connectivity index (χ2v) is 6.55. The molecule has 3 amide bonds. The molecule has 1 saturated carbocycles. The summed E-state index contributed by atoms with van der Waals surface area (Å²) in [6.07, 6.45) is 2.49. The van der Waals surface area contributed by atoms with E-state index < -0.39 is 5.97 Å².